The second kappa shape index (κ2) is 5.52. The molecule has 0 bridgehead atoms. The van der Waals surface area contributed by atoms with E-state index in [2.05, 4.69) is 15.0 Å². The maximum absolute atomic E-state index is 15.0. The van der Waals surface area contributed by atoms with Gasteiger partial charge in [0.15, 0.2) is 23.0 Å². The van der Waals surface area contributed by atoms with E-state index in [1.807, 2.05) is 7.05 Å². The van der Waals surface area contributed by atoms with Crippen LogP contribution < -0.4 is 5.43 Å². The van der Waals surface area contributed by atoms with E-state index in [9.17, 15) is 14.3 Å². The SMILES string of the molecule is Cn1cnc2cc(-c3ccnc(-n4ccc(=O)c(O)c4)c3F)cnc21. The summed E-state index contributed by atoms with van der Waals surface area (Å²) in [7, 11) is 1.83. The second-order valence-corrected chi connectivity index (χ2v) is 5.52. The zero-order valence-electron chi connectivity index (χ0n) is 13.1. The van der Waals surface area contributed by atoms with Gasteiger partial charge in [-0.15, -0.1) is 0 Å². The van der Waals surface area contributed by atoms with E-state index in [0.29, 0.717) is 22.3 Å². The smallest absolute Gasteiger partial charge is 0.223 e. The second-order valence-electron chi connectivity index (χ2n) is 5.52. The van der Waals surface area contributed by atoms with Gasteiger partial charge in [0.05, 0.1) is 12.5 Å². The van der Waals surface area contributed by atoms with Crippen LogP contribution >= 0.6 is 0 Å². The number of pyridine rings is 3. The first-order chi connectivity index (χ1) is 12.0. The van der Waals surface area contributed by atoms with Gasteiger partial charge in [-0.1, -0.05) is 0 Å². The standard InChI is InChI=1S/C17H12FN5O2/c1-22-9-21-12-6-10(7-20-16(12)22)11-2-4-19-17(15(11)18)23-5-3-13(24)14(25)8-23/h2-9,25H,1H3. The van der Waals surface area contributed by atoms with Crippen molar-refractivity contribution in [1.82, 2.24) is 24.1 Å². The predicted octanol–water partition coefficient (Wildman–Crippen LogP) is 2.03. The van der Waals surface area contributed by atoms with Gasteiger partial charge in [0.25, 0.3) is 0 Å². The summed E-state index contributed by atoms with van der Waals surface area (Å²) in [6, 6.07) is 4.42. The number of rotatable bonds is 2. The highest BCUT2D eigenvalue weighted by Crippen LogP contribution is 2.27. The van der Waals surface area contributed by atoms with Crippen LogP contribution in [-0.2, 0) is 7.05 Å². The maximum Gasteiger partial charge on any atom is 0.223 e. The van der Waals surface area contributed by atoms with Gasteiger partial charge in [0.2, 0.25) is 5.43 Å². The molecule has 7 nitrogen and oxygen atoms in total. The van der Waals surface area contributed by atoms with E-state index in [-0.39, 0.29) is 5.82 Å². The predicted molar refractivity (Wildman–Crippen MR) is 89.0 cm³/mol. The monoisotopic (exact) mass is 337 g/mol. The van der Waals surface area contributed by atoms with Crippen molar-refractivity contribution in [2.75, 3.05) is 0 Å². The largest absolute Gasteiger partial charge is 0.503 e. The number of hydrogen-bond donors (Lipinski definition) is 1. The average molecular weight is 337 g/mol. The first-order valence-electron chi connectivity index (χ1n) is 7.38. The normalized spacial score (nSPS) is 11.1. The number of aryl methyl sites for hydroxylation is 1. The summed E-state index contributed by atoms with van der Waals surface area (Å²) in [6.45, 7) is 0. The van der Waals surface area contributed by atoms with Gasteiger partial charge in [-0.2, -0.15) is 0 Å². The Hall–Kier alpha value is -3.55. The Morgan fingerprint density at radius 3 is 2.84 bits per heavy atom. The third-order valence-corrected chi connectivity index (χ3v) is 3.88. The molecule has 0 unspecified atom stereocenters. The highest BCUT2D eigenvalue weighted by molar-refractivity contribution is 5.78. The molecule has 0 spiro atoms. The quantitative estimate of drug-likeness (QED) is 0.605. The molecule has 0 saturated carbocycles. The summed E-state index contributed by atoms with van der Waals surface area (Å²) >= 11 is 0. The molecule has 124 valence electrons. The van der Waals surface area contributed by atoms with Crippen LogP contribution in [0.15, 0.2) is 54.1 Å². The molecule has 0 aromatic carbocycles. The Balaban J connectivity index is 1.87. The highest BCUT2D eigenvalue weighted by atomic mass is 19.1. The summed E-state index contributed by atoms with van der Waals surface area (Å²) in [5, 5.41) is 9.56. The molecule has 0 saturated heterocycles. The van der Waals surface area contributed by atoms with Crippen LogP contribution in [0, 0.1) is 5.82 Å². The average Bonchev–Trinajstić information content (AvgIpc) is 2.98. The summed E-state index contributed by atoms with van der Waals surface area (Å²) < 4.78 is 18.0. The van der Waals surface area contributed by atoms with Gasteiger partial charge in [0, 0.05) is 42.8 Å². The number of fused-ring (bicyclic) bond motifs is 1. The minimum atomic E-state index is -0.595. The molecule has 0 fully saturated rings. The molecule has 4 aromatic heterocycles. The Bertz CT molecular complexity index is 1170. The summed E-state index contributed by atoms with van der Waals surface area (Å²) in [5.74, 6) is -1.11. The van der Waals surface area contributed by atoms with Gasteiger partial charge in [-0.05, 0) is 12.1 Å². The molecule has 1 N–H and O–H groups in total. The summed E-state index contributed by atoms with van der Waals surface area (Å²) in [4.78, 5) is 23.9. The van der Waals surface area contributed by atoms with E-state index < -0.39 is 17.0 Å². The Labute approximate surface area is 140 Å². The summed E-state index contributed by atoms with van der Waals surface area (Å²) in [6.07, 6.45) is 7.12. The minimum Gasteiger partial charge on any atom is -0.503 e. The highest BCUT2D eigenvalue weighted by Gasteiger charge is 2.14. The molecule has 0 aliphatic heterocycles. The number of aromatic hydroxyl groups is 1. The molecular formula is C17H12FN5O2. The van der Waals surface area contributed by atoms with Crippen LogP contribution in [0.1, 0.15) is 0 Å². The van der Waals surface area contributed by atoms with Gasteiger partial charge >= 0.3 is 0 Å². The van der Waals surface area contributed by atoms with Gasteiger partial charge in [0.1, 0.15) is 5.52 Å². The molecular weight excluding hydrogens is 325 g/mol. The molecule has 0 atom stereocenters. The van der Waals surface area contributed by atoms with Crippen molar-refractivity contribution in [3.05, 3.63) is 65.4 Å². The number of nitrogens with zero attached hydrogens (tertiary/aromatic N) is 5. The fourth-order valence-corrected chi connectivity index (χ4v) is 2.60. The first kappa shape index (κ1) is 15.0. The van der Waals surface area contributed by atoms with Crippen molar-refractivity contribution in [2.45, 2.75) is 0 Å². The third kappa shape index (κ3) is 2.44. The molecule has 25 heavy (non-hydrogen) atoms. The van der Waals surface area contributed by atoms with Crippen LogP contribution in [0.4, 0.5) is 4.39 Å². The van der Waals surface area contributed by atoms with Gasteiger partial charge in [-0.25, -0.2) is 19.3 Å². The Kier molecular flexibility index (Phi) is 3.31. The van der Waals surface area contributed by atoms with E-state index in [4.69, 9.17) is 0 Å². The topological polar surface area (TPSA) is 85.8 Å². The third-order valence-electron chi connectivity index (χ3n) is 3.88. The Morgan fingerprint density at radius 2 is 2.04 bits per heavy atom. The number of imidazole rings is 1. The number of hydrogen-bond acceptors (Lipinski definition) is 5. The van der Waals surface area contributed by atoms with Crippen molar-refractivity contribution < 1.29 is 9.50 Å². The van der Waals surface area contributed by atoms with Crippen LogP contribution in [0.2, 0.25) is 0 Å². The minimum absolute atomic E-state index is 0.0334. The van der Waals surface area contributed by atoms with Gasteiger partial charge in [-0.3, -0.25) is 4.79 Å². The Morgan fingerprint density at radius 1 is 1.20 bits per heavy atom. The molecule has 0 aliphatic rings. The number of halogens is 1. The lowest BCUT2D eigenvalue weighted by atomic mass is 10.1. The van der Waals surface area contributed by atoms with Crippen molar-refractivity contribution in [3.63, 3.8) is 0 Å². The van der Waals surface area contributed by atoms with Gasteiger partial charge < -0.3 is 14.2 Å². The molecule has 4 rings (SSSR count). The van der Waals surface area contributed by atoms with E-state index >= 15 is 0 Å². The fourth-order valence-electron chi connectivity index (χ4n) is 2.60. The van der Waals surface area contributed by atoms with E-state index in [0.717, 1.165) is 12.3 Å². The van der Waals surface area contributed by atoms with E-state index in [1.165, 1.54) is 23.0 Å². The lowest BCUT2D eigenvalue weighted by Gasteiger charge is -2.10. The number of aromatic nitrogens is 5. The molecule has 4 aromatic rings. The van der Waals surface area contributed by atoms with Crippen LogP contribution in [0.5, 0.6) is 5.75 Å². The molecule has 8 heteroatoms. The van der Waals surface area contributed by atoms with Crippen molar-refractivity contribution in [3.8, 4) is 22.7 Å². The molecule has 0 aliphatic carbocycles. The van der Waals surface area contributed by atoms with E-state index in [1.54, 1.807) is 23.2 Å². The lowest BCUT2D eigenvalue weighted by Crippen LogP contribution is -2.07. The molecule has 4 heterocycles. The first-order valence-corrected chi connectivity index (χ1v) is 7.38. The molecule has 0 amide bonds. The summed E-state index contributed by atoms with van der Waals surface area (Å²) in [5.41, 5.74) is 1.65. The van der Waals surface area contributed by atoms with Crippen molar-refractivity contribution >= 4 is 11.2 Å². The molecule has 0 radical (unpaired) electrons. The van der Waals surface area contributed by atoms with Crippen LogP contribution in [-0.4, -0.2) is 29.2 Å². The zero-order chi connectivity index (χ0) is 17.6. The van der Waals surface area contributed by atoms with Crippen LogP contribution in [0.3, 0.4) is 0 Å². The fraction of sp³-hybridized carbons (Fsp3) is 0.0588. The van der Waals surface area contributed by atoms with Crippen molar-refractivity contribution in [1.29, 1.82) is 0 Å². The zero-order valence-corrected chi connectivity index (χ0v) is 13.1. The lowest BCUT2D eigenvalue weighted by molar-refractivity contribution is 0.464. The van der Waals surface area contributed by atoms with Crippen LogP contribution in [0.25, 0.3) is 28.1 Å². The van der Waals surface area contributed by atoms with Crippen molar-refractivity contribution in [2.24, 2.45) is 7.05 Å². The maximum atomic E-state index is 15.0.